The standard InChI is InChI=1S/C41H68O13/c1-36(2)26(53-34-31(48)28(45)22(44)18-51-34)12-14-39(6)24-9-10-25-38(5)13-11-19(37(3,4)50)20(38)15-27(41(25,8)40(24,7)16-21(43)33(36)39)54-35-32(49)30(47)29(46)23(17-42)52-35/h19-20,22-35,42,44-50H,9-18H2,1-8H3/t19-,20+,22+,23-,24-,25-,26?,27-,28+,29-,30+,31-,32-,33+,34+,35+,38+,39-,40-,41+/m1/s1. The summed E-state index contributed by atoms with van der Waals surface area (Å²) in [5.41, 5.74) is -3.37. The highest BCUT2D eigenvalue weighted by molar-refractivity contribution is 5.85. The smallest absolute Gasteiger partial charge is 0.186 e. The van der Waals surface area contributed by atoms with Crippen molar-refractivity contribution in [1.82, 2.24) is 0 Å². The molecule has 0 aromatic rings. The van der Waals surface area contributed by atoms with Gasteiger partial charge in [-0.25, -0.2) is 0 Å². The third kappa shape index (κ3) is 5.79. The van der Waals surface area contributed by atoms with Crippen LogP contribution in [0.5, 0.6) is 0 Å². The molecular formula is C41H68O13. The van der Waals surface area contributed by atoms with Crippen LogP contribution in [0.4, 0.5) is 0 Å². The Labute approximate surface area is 319 Å². The van der Waals surface area contributed by atoms with Gasteiger partial charge in [-0.15, -0.1) is 0 Å². The van der Waals surface area contributed by atoms with Gasteiger partial charge < -0.3 is 59.8 Å². The fourth-order valence-electron chi connectivity index (χ4n) is 14.7. The SMILES string of the molecule is CC(C)(O)[C@@H]1CC[C@]2(C)[C@H]3CC[C@@H]4[C@@]5(C)CCC(O[C@@H]6OC[C@H](O)[C@H](O)[C@H]6O)C(C)(C)[C@@H]5C(=O)C[C@@]4(C)[C@]3(C)[C@H](O[C@@H]3O[C@H](CO)[C@@H](O)[C@H](O)[C@H]3O)C[C@@H]12. The van der Waals surface area contributed by atoms with E-state index in [1.54, 1.807) is 0 Å². The largest absolute Gasteiger partial charge is 0.394 e. The van der Waals surface area contributed by atoms with E-state index in [1.165, 1.54) is 0 Å². The summed E-state index contributed by atoms with van der Waals surface area (Å²) in [6.45, 7) is 16.3. The van der Waals surface area contributed by atoms with E-state index in [0.29, 0.717) is 25.7 Å². The molecule has 2 saturated heterocycles. The summed E-state index contributed by atoms with van der Waals surface area (Å²) in [6.07, 6.45) is -7.62. The molecule has 1 unspecified atom stereocenters. The van der Waals surface area contributed by atoms with Gasteiger partial charge in [0.05, 0.1) is 31.0 Å². The second-order valence-electron chi connectivity index (χ2n) is 20.7. The van der Waals surface area contributed by atoms with Gasteiger partial charge >= 0.3 is 0 Å². The molecule has 310 valence electrons. The quantitative estimate of drug-likeness (QED) is 0.181. The molecule has 0 bridgehead atoms. The Balaban J connectivity index is 1.25. The number of ether oxygens (including phenoxy) is 4. The lowest BCUT2D eigenvalue weighted by molar-refractivity contribution is -0.351. The van der Waals surface area contributed by atoms with Crippen molar-refractivity contribution in [2.45, 2.75) is 180 Å². The Hall–Kier alpha value is -0.810. The van der Waals surface area contributed by atoms with Crippen LogP contribution in [-0.2, 0) is 23.7 Å². The Morgan fingerprint density at radius 3 is 2.02 bits per heavy atom. The lowest BCUT2D eigenvalue weighted by Crippen LogP contribution is -2.73. The van der Waals surface area contributed by atoms with Gasteiger partial charge in [0.1, 0.15) is 48.5 Å². The molecule has 2 heterocycles. The van der Waals surface area contributed by atoms with Crippen LogP contribution in [0.25, 0.3) is 0 Å². The zero-order valence-corrected chi connectivity index (χ0v) is 33.4. The number of rotatable bonds is 6. The molecule has 20 atom stereocenters. The summed E-state index contributed by atoms with van der Waals surface area (Å²) in [6, 6.07) is 0. The van der Waals surface area contributed by atoms with E-state index >= 15 is 4.79 Å². The molecule has 5 aliphatic carbocycles. The van der Waals surface area contributed by atoms with Crippen LogP contribution in [0.15, 0.2) is 0 Å². The third-order valence-electron chi connectivity index (χ3n) is 17.4. The third-order valence-corrected chi connectivity index (χ3v) is 17.4. The molecule has 0 aromatic carbocycles. The van der Waals surface area contributed by atoms with Crippen molar-refractivity contribution in [3.8, 4) is 0 Å². The minimum Gasteiger partial charge on any atom is -0.394 e. The summed E-state index contributed by atoms with van der Waals surface area (Å²) in [5, 5.41) is 85.2. The van der Waals surface area contributed by atoms with Crippen molar-refractivity contribution >= 4 is 5.78 Å². The van der Waals surface area contributed by atoms with Crippen molar-refractivity contribution in [1.29, 1.82) is 0 Å². The van der Waals surface area contributed by atoms with Crippen LogP contribution in [-0.4, -0.2) is 133 Å². The highest BCUT2D eigenvalue weighted by atomic mass is 16.7. The zero-order valence-electron chi connectivity index (χ0n) is 33.4. The van der Waals surface area contributed by atoms with Crippen molar-refractivity contribution in [3.05, 3.63) is 0 Å². The van der Waals surface area contributed by atoms with Gasteiger partial charge in [0.15, 0.2) is 12.6 Å². The molecule has 0 spiro atoms. The first kappa shape index (κ1) is 41.4. The number of fused-ring (bicyclic) bond motifs is 7. The van der Waals surface area contributed by atoms with Gasteiger partial charge in [-0.2, -0.15) is 0 Å². The lowest BCUT2D eigenvalue weighted by atomic mass is 9.31. The molecule has 54 heavy (non-hydrogen) atoms. The van der Waals surface area contributed by atoms with Gasteiger partial charge in [0.2, 0.25) is 0 Å². The van der Waals surface area contributed by atoms with Crippen LogP contribution in [0, 0.1) is 56.7 Å². The van der Waals surface area contributed by atoms with E-state index in [4.69, 9.17) is 18.9 Å². The Kier molecular flexibility index (Phi) is 10.4. The van der Waals surface area contributed by atoms with Crippen molar-refractivity contribution in [2.75, 3.05) is 13.2 Å². The molecule has 0 amide bonds. The maximum atomic E-state index is 15.1. The van der Waals surface area contributed by atoms with Gasteiger partial charge in [-0.1, -0.05) is 41.5 Å². The van der Waals surface area contributed by atoms with Crippen LogP contribution in [0.2, 0.25) is 0 Å². The second kappa shape index (κ2) is 13.6. The Morgan fingerprint density at radius 2 is 1.37 bits per heavy atom. The average Bonchev–Trinajstić information content (AvgIpc) is 3.43. The van der Waals surface area contributed by atoms with E-state index in [9.17, 15) is 40.9 Å². The predicted molar refractivity (Wildman–Crippen MR) is 193 cm³/mol. The van der Waals surface area contributed by atoms with Crippen LogP contribution >= 0.6 is 0 Å². The fraction of sp³-hybridized carbons (Fsp3) is 0.976. The first-order valence-electron chi connectivity index (χ1n) is 20.5. The molecule has 7 rings (SSSR count). The molecule has 7 fully saturated rings. The Morgan fingerprint density at radius 1 is 0.759 bits per heavy atom. The number of carbonyl (C=O) groups is 1. The molecule has 13 nitrogen and oxygen atoms in total. The molecule has 2 aliphatic heterocycles. The second-order valence-corrected chi connectivity index (χ2v) is 20.7. The first-order chi connectivity index (χ1) is 25.0. The average molecular weight is 769 g/mol. The summed E-state index contributed by atoms with van der Waals surface area (Å²) < 4.78 is 25.0. The molecular weight excluding hydrogens is 700 g/mol. The molecule has 0 aromatic heterocycles. The van der Waals surface area contributed by atoms with Gasteiger partial charge in [-0.3, -0.25) is 4.79 Å². The van der Waals surface area contributed by atoms with E-state index in [1.807, 2.05) is 13.8 Å². The van der Waals surface area contributed by atoms with Crippen LogP contribution in [0.1, 0.15) is 107 Å². The monoisotopic (exact) mass is 768 g/mol. The van der Waals surface area contributed by atoms with E-state index in [0.717, 1.165) is 25.7 Å². The van der Waals surface area contributed by atoms with E-state index < -0.39 is 101 Å². The van der Waals surface area contributed by atoms with Crippen molar-refractivity contribution in [3.63, 3.8) is 0 Å². The van der Waals surface area contributed by atoms with Gasteiger partial charge in [0.25, 0.3) is 0 Å². The van der Waals surface area contributed by atoms with Crippen molar-refractivity contribution in [2.24, 2.45) is 56.7 Å². The highest BCUT2D eigenvalue weighted by Gasteiger charge is 2.76. The predicted octanol–water partition coefficient (Wildman–Crippen LogP) is 1.66. The maximum absolute atomic E-state index is 15.1. The van der Waals surface area contributed by atoms with Crippen LogP contribution < -0.4 is 0 Å². The van der Waals surface area contributed by atoms with E-state index in [-0.39, 0.29) is 47.4 Å². The Bertz CT molecular complexity index is 1420. The molecule has 0 radical (unpaired) electrons. The maximum Gasteiger partial charge on any atom is 0.186 e. The molecule has 13 heteroatoms. The number of Topliss-reactive ketones (excluding diaryl/α,β-unsaturated/α-hetero) is 1. The number of hydrogen-bond donors (Lipinski definition) is 8. The summed E-state index contributed by atoms with van der Waals surface area (Å²) in [5.74, 6) is 0.0321. The molecule has 7 aliphatic rings. The number of hydrogen-bond acceptors (Lipinski definition) is 13. The van der Waals surface area contributed by atoms with Gasteiger partial charge in [0, 0.05) is 23.2 Å². The summed E-state index contributed by atoms with van der Waals surface area (Å²) >= 11 is 0. The summed E-state index contributed by atoms with van der Waals surface area (Å²) in [7, 11) is 0. The number of carbonyl (C=O) groups excluding carboxylic acids is 1. The number of aliphatic hydroxyl groups excluding tert-OH is 7. The normalized spacial score (nSPS) is 56.0. The molecule has 5 saturated carbocycles. The lowest BCUT2D eigenvalue weighted by Gasteiger charge is -2.74. The highest BCUT2D eigenvalue weighted by Crippen LogP contribution is 2.78. The first-order valence-corrected chi connectivity index (χ1v) is 20.5. The molecule has 8 N–H and O–H groups in total. The minimum atomic E-state index is -1.59. The zero-order chi connectivity index (χ0) is 39.7. The topological polar surface area (TPSA) is 216 Å². The summed E-state index contributed by atoms with van der Waals surface area (Å²) in [4.78, 5) is 15.1. The van der Waals surface area contributed by atoms with Gasteiger partial charge in [-0.05, 0) is 98.7 Å². The fourth-order valence-corrected chi connectivity index (χ4v) is 14.7. The van der Waals surface area contributed by atoms with E-state index in [2.05, 4.69) is 41.5 Å². The number of ketones is 1. The van der Waals surface area contributed by atoms with Crippen LogP contribution in [0.3, 0.4) is 0 Å². The van der Waals surface area contributed by atoms with Crippen molar-refractivity contribution < 1.29 is 64.6 Å². The number of aliphatic hydroxyl groups is 8. The minimum absolute atomic E-state index is 0.000446.